The van der Waals surface area contributed by atoms with Gasteiger partial charge in [-0.25, -0.2) is 0 Å². The van der Waals surface area contributed by atoms with E-state index >= 15 is 0 Å². The minimum absolute atomic E-state index is 0.0435. The molecule has 0 aliphatic carbocycles. The molecule has 0 bridgehead atoms. The highest BCUT2D eigenvalue weighted by atomic mass is 35.5. The fourth-order valence-corrected chi connectivity index (χ4v) is 3.57. The van der Waals surface area contributed by atoms with Crippen molar-refractivity contribution in [2.45, 2.75) is 27.0 Å². The number of nitrogens with zero attached hydrogens (tertiary/aromatic N) is 2. The van der Waals surface area contributed by atoms with E-state index in [9.17, 15) is 4.79 Å². The molecule has 0 aliphatic rings. The van der Waals surface area contributed by atoms with Crippen LogP contribution in [0.2, 0.25) is 5.02 Å². The van der Waals surface area contributed by atoms with Gasteiger partial charge in [-0.2, -0.15) is 0 Å². The van der Waals surface area contributed by atoms with Gasteiger partial charge >= 0.3 is 0 Å². The lowest BCUT2D eigenvalue weighted by Crippen LogP contribution is -2.36. The van der Waals surface area contributed by atoms with E-state index in [1.165, 1.54) is 12.6 Å². The van der Waals surface area contributed by atoms with E-state index in [2.05, 4.69) is 52.2 Å². The van der Waals surface area contributed by atoms with E-state index in [0.29, 0.717) is 28.6 Å². The van der Waals surface area contributed by atoms with Crippen molar-refractivity contribution in [1.29, 1.82) is 0 Å². The summed E-state index contributed by atoms with van der Waals surface area (Å²) in [6.07, 6.45) is 0. The third-order valence-electron chi connectivity index (χ3n) is 5.09. The Labute approximate surface area is 187 Å². The summed E-state index contributed by atoms with van der Waals surface area (Å²) >= 11 is 6.42. The molecule has 7 nitrogen and oxygen atoms in total. The minimum atomic E-state index is -0.386. The lowest BCUT2D eigenvalue weighted by Gasteiger charge is -2.18. The molecule has 1 amide bonds. The van der Waals surface area contributed by atoms with Crippen molar-refractivity contribution in [2.75, 3.05) is 20.1 Å². The maximum absolute atomic E-state index is 12.3. The Balaban J connectivity index is 1.73. The Morgan fingerprint density at radius 1 is 1.19 bits per heavy atom. The molecular formula is C23H28ClN5O2. The molecule has 0 atom stereocenters. The largest absolute Gasteiger partial charge is 0.489 e. The summed E-state index contributed by atoms with van der Waals surface area (Å²) in [6, 6.07) is 13.6. The summed E-state index contributed by atoms with van der Waals surface area (Å²) in [5.41, 5.74) is 8.95. The molecule has 0 unspecified atom stereocenters. The summed E-state index contributed by atoms with van der Waals surface area (Å²) in [7, 11) is 1.50. The van der Waals surface area contributed by atoms with E-state index in [0.717, 1.165) is 30.6 Å². The summed E-state index contributed by atoms with van der Waals surface area (Å²) < 4.78 is 5.99. The molecule has 0 fully saturated rings. The number of aliphatic imine (C=N–C) groups is 1. The number of carbonyl (C=O) groups is 1. The molecule has 164 valence electrons. The van der Waals surface area contributed by atoms with Crippen LogP contribution in [0.15, 0.2) is 47.5 Å². The number of hydrogen-bond acceptors (Lipinski definition) is 4. The van der Waals surface area contributed by atoms with Crippen LogP contribution in [-0.2, 0) is 13.2 Å². The number of fused-ring (bicyclic) bond motifs is 1. The first-order valence-electron chi connectivity index (χ1n) is 10.2. The van der Waals surface area contributed by atoms with Crippen LogP contribution in [0, 0.1) is 0 Å². The van der Waals surface area contributed by atoms with Gasteiger partial charge in [-0.15, -0.1) is 0 Å². The van der Waals surface area contributed by atoms with Crippen molar-refractivity contribution >= 4 is 34.4 Å². The Morgan fingerprint density at radius 2 is 1.94 bits per heavy atom. The van der Waals surface area contributed by atoms with Gasteiger partial charge in [-0.3, -0.25) is 20.0 Å². The van der Waals surface area contributed by atoms with Crippen LogP contribution in [0.5, 0.6) is 5.75 Å². The Kier molecular flexibility index (Phi) is 7.55. The topological polar surface area (TPSA) is 95.7 Å². The molecule has 1 heterocycles. The Hall–Kier alpha value is -3.03. The van der Waals surface area contributed by atoms with Crippen LogP contribution in [0.25, 0.3) is 10.9 Å². The molecule has 3 rings (SSSR count). The molecule has 2 aromatic carbocycles. The maximum Gasteiger partial charge on any atom is 0.274 e. The fourth-order valence-electron chi connectivity index (χ4n) is 3.30. The fraction of sp³-hybridized carbons (Fsp3) is 0.304. The zero-order valence-electron chi connectivity index (χ0n) is 18.0. The van der Waals surface area contributed by atoms with Crippen molar-refractivity contribution < 1.29 is 9.53 Å². The van der Waals surface area contributed by atoms with Crippen molar-refractivity contribution in [3.63, 3.8) is 0 Å². The molecule has 31 heavy (non-hydrogen) atoms. The van der Waals surface area contributed by atoms with Gasteiger partial charge in [0.25, 0.3) is 5.91 Å². The van der Waals surface area contributed by atoms with E-state index in [4.69, 9.17) is 22.1 Å². The monoisotopic (exact) mass is 441 g/mol. The smallest absolute Gasteiger partial charge is 0.274 e. The van der Waals surface area contributed by atoms with Gasteiger partial charge < -0.3 is 15.5 Å². The van der Waals surface area contributed by atoms with Gasteiger partial charge in [0.2, 0.25) is 0 Å². The average molecular weight is 442 g/mol. The number of nitrogens with two attached hydrogens (primary N) is 1. The number of hydrogen-bond donors (Lipinski definition) is 3. The molecule has 0 aliphatic heterocycles. The first-order valence-corrected chi connectivity index (χ1v) is 10.6. The molecule has 1 aromatic heterocycles. The predicted octanol–water partition coefficient (Wildman–Crippen LogP) is 3.92. The number of nitrogens with one attached hydrogen (secondary N) is 2. The predicted molar refractivity (Wildman–Crippen MR) is 126 cm³/mol. The molecule has 0 radical (unpaired) electrons. The number of rotatable bonds is 8. The highest BCUT2D eigenvalue weighted by molar-refractivity contribution is 6.35. The second kappa shape index (κ2) is 10.3. The lowest BCUT2D eigenvalue weighted by atomic mass is 10.1. The number of guanidine groups is 1. The maximum atomic E-state index is 12.3. The summed E-state index contributed by atoms with van der Waals surface area (Å²) in [4.78, 5) is 21.4. The lowest BCUT2D eigenvalue weighted by molar-refractivity contribution is 0.0972. The summed E-state index contributed by atoms with van der Waals surface area (Å²) in [6.45, 7) is 7.70. The number of aromatic amines is 1. The number of amides is 1. The number of ether oxygens (including phenoxy) is 1. The van der Waals surface area contributed by atoms with Gasteiger partial charge in [-0.05, 0) is 36.3 Å². The second-order valence-electron chi connectivity index (χ2n) is 7.18. The van der Waals surface area contributed by atoms with Crippen LogP contribution in [0.3, 0.4) is 0 Å². The second-order valence-corrected chi connectivity index (χ2v) is 7.59. The normalized spacial score (nSPS) is 11.8. The van der Waals surface area contributed by atoms with Crippen LogP contribution in [0.1, 0.15) is 35.5 Å². The van der Waals surface area contributed by atoms with Crippen molar-refractivity contribution in [3.05, 3.63) is 64.3 Å². The first-order chi connectivity index (χ1) is 14.9. The molecule has 0 saturated carbocycles. The number of halogens is 1. The zero-order chi connectivity index (χ0) is 22.4. The molecule has 4 N–H and O–H groups in total. The highest BCUT2D eigenvalue weighted by Crippen LogP contribution is 2.30. The van der Waals surface area contributed by atoms with Gasteiger partial charge in [-0.1, -0.05) is 49.7 Å². The zero-order valence-corrected chi connectivity index (χ0v) is 18.8. The van der Waals surface area contributed by atoms with Crippen molar-refractivity contribution in [3.8, 4) is 5.75 Å². The van der Waals surface area contributed by atoms with Gasteiger partial charge in [0.05, 0.1) is 10.5 Å². The van der Waals surface area contributed by atoms with Crippen LogP contribution < -0.4 is 15.8 Å². The quantitative estimate of drug-likeness (QED) is 0.364. The van der Waals surface area contributed by atoms with Gasteiger partial charge in [0.1, 0.15) is 18.1 Å². The molecule has 0 saturated heterocycles. The van der Waals surface area contributed by atoms with Crippen molar-refractivity contribution in [2.24, 2.45) is 10.7 Å². The SMILES string of the molecule is CCN(CC)Cc1cccc(COc2cc(Cl)c3cc(C(=O)NC(N)=NC)[nH]c3c2)c1. The third-order valence-corrected chi connectivity index (χ3v) is 5.40. The van der Waals surface area contributed by atoms with Gasteiger partial charge in [0.15, 0.2) is 5.96 Å². The Bertz CT molecular complexity index is 1090. The van der Waals surface area contributed by atoms with Crippen LogP contribution in [-0.4, -0.2) is 41.9 Å². The molecule has 8 heteroatoms. The van der Waals surface area contributed by atoms with Crippen molar-refractivity contribution in [1.82, 2.24) is 15.2 Å². The molecular weight excluding hydrogens is 414 g/mol. The number of carbonyl (C=O) groups excluding carboxylic acids is 1. The number of benzene rings is 2. The van der Waals surface area contributed by atoms with E-state index in [1.54, 1.807) is 12.1 Å². The number of H-pyrrole nitrogens is 1. The van der Waals surface area contributed by atoms with E-state index < -0.39 is 0 Å². The van der Waals surface area contributed by atoms with E-state index in [-0.39, 0.29) is 11.9 Å². The van der Waals surface area contributed by atoms with Crippen LogP contribution >= 0.6 is 11.6 Å². The molecule has 3 aromatic rings. The van der Waals surface area contributed by atoms with Gasteiger partial charge in [0, 0.05) is 25.0 Å². The third kappa shape index (κ3) is 5.77. The standard InChI is InChI=1S/C23H28ClN5O2/c1-4-29(5-2)13-15-7-6-8-16(9-15)14-31-17-10-19(24)18-12-21(27-20(18)11-17)22(30)28-23(25)26-3/h6-12,27H,4-5,13-14H2,1-3H3,(H3,25,26,28,30). The minimum Gasteiger partial charge on any atom is -0.489 e. The first kappa shape index (κ1) is 22.7. The summed E-state index contributed by atoms with van der Waals surface area (Å²) in [5.74, 6) is 0.278. The van der Waals surface area contributed by atoms with Crippen LogP contribution in [0.4, 0.5) is 0 Å². The summed E-state index contributed by atoms with van der Waals surface area (Å²) in [5, 5.41) is 3.72. The van der Waals surface area contributed by atoms with E-state index in [1.807, 2.05) is 12.1 Å². The Morgan fingerprint density at radius 3 is 2.65 bits per heavy atom. The average Bonchev–Trinajstić information content (AvgIpc) is 3.21. The molecule has 0 spiro atoms. The highest BCUT2D eigenvalue weighted by Gasteiger charge is 2.13. The number of aromatic nitrogens is 1.